The molecule has 4 heterocycles. The molecule has 53 heavy (non-hydrogen) atoms. The van der Waals surface area contributed by atoms with Crippen molar-refractivity contribution in [1.29, 1.82) is 0 Å². The van der Waals surface area contributed by atoms with Crippen LogP contribution in [0, 0.1) is 5.92 Å². The van der Waals surface area contributed by atoms with Gasteiger partial charge in [0.15, 0.2) is 0 Å². The molecule has 3 aromatic carbocycles. The lowest BCUT2D eigenvalue weighted by molar-refractivity contribution is -0.135. The van der Waals surface area contributed by atoms with Crippen molar-refractivity contribution in [2.45, 2.75) is 90.4 Å². The maximum Gasteiger partial charge on any atom is 0.410 e. The highest BCUT2D eigenvalue weighted by Crippen LogP contribution is 2.36. The molecule has 278 valence electrons. The van der Waals surface area contributed by atoms with Crippen molar-refractivity contribution in [2.75, 3.05) is 20.2 Å². The van der Waals surface area contributed by atoms with E-state index in [0.29, 0.717) is 13.1 Å². The topological polar surface area (TPSA) is 146 Å². The third-order valence-corrected chi connectivity index (χ3v) is 10.6. The number of hydrogen-bond acceptors (Lipinski definition) is 7. The van der Waals surface area contributed by atoms with Crippen molar-refractivity contribution in [1.82, 2.24) is 35.1 Å². The van der Waals surface area contributed by atoms with Crippen LogP contribution in [0.5, 0.6) is 0 Å². The Balaban J connectivity index is 1.08. The summed E-state index contributed by atoms with van der Waals surface area (Å²) in [7, 11) is 1.31. The van der Waals surface area contributed by atoms with Crippen LogP contribution in [0.1, 0.15) is 90.5 Å². The second-order valence-electron chi connectivity index (χ2n) is 15.3. The van der Waals surface area contributed by atoms with E-state index in [0.717, 1.165) is 87.9 Å². The molecule has 2 saturated heterocycles. The molecule has 0 radical (unpaired) electrons. The second-order valence-corrected chi connectivity index (χ2v) is 15.3. The van der Waals surface area contributed by atoms with E-state index in [1.54, 1.807) is 4.90 Å². The number of amides is 3. The molecule has 7 rings (SSSR count). The third kappa shape index (κ3) is 7.45. The average Bonchev–Trinajstić information content (AvgIpc) is 3.97. The van der Waals surface area contributed by atoms with E-state index in [4.69, 9.17) is 19.4 Å². The number of aromatic amines is 2. The summed E-state index contributed by atoms with van der Waals surface area (Å²) in [6.45, 7) is 10.9. The molecule has 2 aromatic heterocycles. The van der Waals surface area contributed by atoms with E-state index in [9.17, 15) is 14.4 Å². The first kappa shape index (κ1) is 36.0. The van der Waals surface area contributed by atoms with Gasteiger partial charge in [0, 0.05) is 18.7 Å². The van der Waals surface area contributed by atoms with Crippen LogP contribution in [0.25, 0.3) is 44.2 Å². The molecule has 0 bridgehead atoms. The van der Waals surface area contributed by atoms with Crippen molar-refractivity contribution in [3.05, 3.63) is 72.4 Å². The molecule has 3 amide bonds. The summed E-state index contributed by atoms with van der Waals surface area (Å²) in [6, 6.07) is 18.0. The Morgan fingerprint density at radius 3 is 2.23 bits per heavy atom. The predicted molar refractivity (Wildman–Crippen MR) is 204 cm³/mol. The SMILES string of the molecule is CC[C@H](C)[C@H](NC(=O)OC)C(=O)N1CCC[C@H]1c1ncc(-c2ccc3cc(-c4ccc5nc([C@@H]6CCCN6C(=O)OC(C)(C)C)[nH]c5c4)ccc3c2)[nH]1. The van der Waals surface area contributed by atoms with Crippen LogP contribution in [-0.2, 0) is 14.3 Å². The lowest BCUT2D eigenvalue weighted by atomic mass is 9.97. The fourth-order valence-corrected chi connectivity index (χ4v) is 7.56. The number of methoxy groups -OCH3 is 1. The lowest BCUT2D eigenvalue weighted by Gasteiger charge is -2.30. The maximum absolute atomic E-state index is 13.7. The second kappa shape index (κ2) is 14.6. The first-order chi connectivity index (χ1) is 25.4. The predicted octanol–water partition coefficient (Wildman–Crippen LogP) is 8.28. The molecular weight excluding hydrogens is 670 g/mol. The van der Waals surface area contributed by atoms with Crippen LogP contribution in [0.15, 0.2) is 60.8 Å². The van der Waals surface area contributed by atoms with Gasteiger partial charge in [-0.1, -0.05) is 50.6 Å². The zero-order chi connectivity index (χ0) is 37.4. The highest BCUT2D eigenvalue weighted by Gasteiger charge is 2.38. The number of nitrogens with zero attached hydrogens (tertiary/aromatic N) is 4. The number of carbonyl (C=O) groups is 3. The number of nitrogens with one attached hydrogen (secondary N) is 3. The maximum atomic E-state index is 13.7. The zero-order valence-electron chi connectivity index (χ0n) is 31.4. The van der Waals surface area contributed by atoms with Crippen molar-refractivity contribution >= 4 is 39.9 Å². The van der Waals surface area contributed by atoms with Crippen molar-refractivity contribution < 1.29 is 23.9 Å². The van der Waals surface area contributed by atoms with Crippen LogP contribution < -0.4 is 5.32 Å². The summed E-state index contributed by atoms with van der Waals surface area (Å²) in [4.78, 5) is 58.9. The molecule has 0 aliphatic carbocycles. The molecule has 0 unspecified atom stereocenters. The molecule has 2 aliphatic heterocycles. The van der Waals surface area contributed by atoms with Gasteiger partial charge in [-0.15, -0.1) is 0 Å². The Hall–Kier alpha value is -5.39. The minimum atomic E-state index is -0.666. The van der Waals surface area contributed by atoms with E-state index in [1.807, 2.05) is 51.8 Å². The summed E-state index contributed by atoms with van der Waals surface area (Å²) in [5.74, 6) is 1.36. The number of alkyl carbamates (subject to hydrolysis) is 1. The van der Waals surface area contributed by atoms with Crippen LogP contribution in [0.3, 0.4) is 0 Å². The molecule has 12 nitrogen and oxygen atoms in total. The van der Waals surface area contributed by atoms with Gasteiger partial charge < -0.3 is 29.7 Å². The molecule has 5 aromatic rings. The number of carbonyl (C=O) groups excluding carboxylic acids is 3. The fraction of sp³-hybridized carbons (Fsp3) is 0.439. The Kier molecular flexibility index (Phi) is 9.89. The summed E-state index contributed by atoms with van der Waals surface area (Å²) in [5, 5.41) is 4.96. The van der Waals surface area contributed by atoms with Crippen LogP contribution in [0.4, 0.5) is 9.59 Å². The monoisotopic (exact) mass is 719 g/mol. The van der Waals surface area contributed by atoms with Gasteiger partial charge in [-0.2, -0.15) is 0 Å². The standard InChI is InChI=1S/C41H49N7O5/c1-7-24(2)35(46-39(50)52-6)38(49)47-18-8-10-33(47)36-42-23-32(45-36)29-15-14-25-20-26(12-13-27(25)21-29)28-16-17-30-31(22-28)44-37(43-30)34-11-9-19-48(34)40(51)53-41(3,4)5/h12-17,20-24,33-35H,7-11,18-19H2,1-6H3,(H,42,45)(H,43,44)(H,46,50)/t24-,33-,34-,35-/m0/s1. The summed E-state index contributed by atoms with van der Waals surface area (Å²) in [6.07, 6.45) is 5.06. The normalized spacial score (nSPS) is 18.8. The highest BCUT2D eigenvalue weighted by molar-refractivity contribution is 5.92. The molecule has 3 N–H and O–H groups in total. The van der Waals surface area contributed by atoms with Gasteiger partial charge in [-0.3, -0.25) is 9.69 Å². The number of imidazole rings is 2. The first-order valence-corrected chi connectivity index (χ1v) is 18.7. The number of rotatable bonds is 8. The minimum absolute atomic E-state index is 0.0466. The molecule has 0 saturated carbocycles. The molecule has 2 fully saturated rings. The number of aromatic nitrogens is 4. The van der Waals surface area contributed by atoms with Gasteiger partial charge in [-0.05, 0) is 98.5 Å². The largest absolute Gasteiger partial charge is 0.453 e. The first-order valence-electron chi connectivity index (χ1n) is 18.7. The number of H-pyrrole nitrogens is 2. The van der Waals surface area contributed by atoms with Gasteiger partial charge in [0.25, 0.3) is 0 Å². The Morgan fingerprint density at radius 1 is 0.887 bits per heavy atom. The van der Waals surface area contributed by atoms with Gasteiger partial charge in [-0.25, -0.2) is 19.6 Å². The van der Waals surface area contributed by atoms with E-state index < -0.39 is 17.7 Å². The number of ether oxygens (including phenoxy) is 2. The van der Waals surface area contributed by atoms with Gasteiger partial charge >= 0.3 is 12.2 Å². The third-order valence-electron chi connectivity index (χ3n) is 10.6. The Labute approximate surface area is 309 Å². The Morgan fingerprint density at radius 2 is 1.53 bits per heavy atom. The average molecular weight is 720 g/mol. The van der Waals surface area contributed by atoms with Crippen LogP contribution >= 0.6 is 0 Å². The van der Waals surface area contributed by atoms with Crippen molar-refractivity contribution in [3.63, 3.8) is 0 Å². The molecule has 2 aliphatic rings. The van der Waals surface area contributed by atoms with E-state index in [1.165, 1.54) is 7.11 Å². The van der Waals surface area contributed by atoms with E-state index >= 15 is 0 Å². The molecule has 4 atom stereocenters. The quantitative estimate of drug-likeness (QED) is 0.146. The fourth-order valence-electron chi connectivity index (χ4n) is 7.56. The van der Waals surface area contributed by atoms with Crippen molar-refractivity contribution in [2.24, 2.45) is 5.92 Å². The number of hydrogen-bond donors (Lipinski definition) is 3. The smallest absolute Gasteiger partial charge is 0.410 e. The van der Waals surface area contributed by atoms with Crippen LogP contribution in [0.2, 0.25) is 0 Å². The number of benzene rings is 3. The highest BCUT2D eigenvalue weighted by atomic mass is 16.6. The Bertz CT molecular complexity index is 2150. The van der Waals surface area contributed by atoms with Gasteiger partial charge in [0.05, 0.1) is 42.1 Å². The summed E-state index contributed by atoms with van der Waals surface area (Å²) < 4.78 is 10.5. The summed E-state index contributed by atoms with van der Waals surface area (Å²) >= 11 is 0. The minimum Gasteiger partial charge on any atom is -0.453 e. The number of fused-ring (bicyclic) bond motifs is 2. The number of likely N-dealkylation sites (tertiary alicyclic amines) is 2. The van der Waals surface area contributed by atoms with Gasteiger partial charge in [0.2, 0.25) is 5.91 Å². The summed E-state index contributed by atoms with van der Waals surface area (Å²) in [5.41, 5.74) is 5.28. The molecule has 0 spiro atoms. The molecule has 12 heteroatoms. The van der Waals surface area contributed by atoms with Crippen LogP contribution in [-0.4, -0.2) is 79.7 Å². The zero-order valence-corrected chi connectivity index (χ0v) is 31.4. The lowest BCUT2D eigenvalue weighted by Crippen LogP contribution is -2.51. The van der Waals surface area contributed by atoms with Gasteiger partial charge in [0.1, 0.15) is 23.3 Å². The molecular formula is C41H49N7O5. The van der Waals surface area contributed by atoms with E-state index in [-0.39, 0.29) is 30.0 Å². The van der Waals surface area contributed by atoms with E-state index in [2.05, 4.69) is 63.8 Å². The van der Waals surface area contributed by atoms with Crippen molar-refractivity contribution in [3.8, 4) is 22.4 Å².